The lowest BCUT2D eigenvalue weighted by Crippen LogP contribution is -1.95. The van der Waals surface area contributed by atoms with Gasteiger partial charge in [-0.15, -0.1) is 11.3 Å². The van der Waals surface area contributed by atoms with Crippen LogP contribution < -0.4 is 10.5 Å². The Morgan fingerprint density at radius 2 is 2.20 bits per heavy atom. The summed E-state index contributed by atoms with van der Waals surface area (Å²) in [6, 6.07) is 8.11. The molecule has 0 bridgehead atoms. The number of thiophene rings is 1. The van der Waals surface area contributed by atoms with E-state index < -0.39 is 0 Å². The number of halogens is 1. The second kappa shape index (κ2) is 4.31. The summed E-state index contributed by atoms with van der Waals surface area (Å²) in [7, 11) is 0. The fourth-order valence-electron chi connectivity index (χ4n) is 1.22. The second-order valence-electron chi connectivity index (χ2n) is 3.09. The van der Waals surface area contributed by atoms with E-state index >= 15 is 0 Å². The maximum atomic E-state index is 12.9. The Balaban J connectivity index is 2.05. The molecule has 2 nitrogen and oxygen atoms in total. The molecule has 1 aromatic heterocycles. The highest BCUT2D eigenvalue weighted by Gasteiger charge is 2.00. The molecule has 0 unspecified atom stereocenters. The molecule has 1 heterocycles. The lowest BCUT2D eigenvalue weighted by molar-refractivity contribution is 0.308. The van der Waals surface area contributed by atoms with Crippen LogP contribution >= 0.6 is 11.3 Å². The van der Waals surface area contributed by atoms with Crippen LogP contribution in [0.15, 0.2) is 35.7 Å². The maximum Gasteiger partial charge on any atom is 0.128 e. The fourth-order valence-corrected chi connectivity index (χ4v) is 1.83. The maximum absolute atomic E-state index is 12.9. The summed E-state index contributed by atoms with van der Waals surface area (Å²) < 4.78 is 18.3. The van der Waals surface area contributed by atoms with Crippen molar-refractivity contribution in [3.63, 3.8) is 0 Å². The predicted molar refractivity (Wildman–Crippen MR) is 59.5 cm³/mol. The Labute approximate surface area is 91.1 Å². The van der Waals surface area contributed by atoms with Crippen molar-refractivity contribution < 1.29 is 9.13 Å². The summed E-state index contributed by atoms with van der Waals surface area (Å²) in [6.07, 6.45) is 0. The number of nitrogens with two attached hydrogens (primary N) is 1. The highest BCUT2D eigenvalue weighted by Crippen LogP contribution is 2.20. The van der Waals surface area contributed by atoms with Crippen LogP contribution in [0.2, 0.25) is 0 Å². The zero-order chi connectivity index (χ0) is 10.7. The van der Waals surface area contributed by atoms with Crippen molar-refractivity contribution in [2.75, 3.05) is 5.73 Å². The van der Waals surface area contributed by atoms with E-state index in [0.29, 0.717) is 18.0 Å². The number of nitrogen functional groups attached to an aromatic ring is 1. The standard InChI is InChI=1S/C11H10FNOS/c12-8-4-9(13)6-10(5-8)14-7-11-2-1-3-15-11/h1-6H,7,13H2. The van der Waals surface area contributed by atoms with Gasteiger partial charge in [0.1, 0.15) is 18.2 Å². The van der Waals surface area contributed by atoms with Gasteiger partial charge in [-0.3, -0.25) is 0 Å². The van der Waals surface area contributed by atoms with E-state index in [9.17, 15) is 4.39 Å². The minimum atomic E-state index is -0.379. The van der Waals surface area contributed by atoms with Crippen LogP contribution in [0, 0.1) is 5.82 Å². The number of benzene rings is 1. The van der Waals surface area contributed by atoms with Crippen LogP contribution in [0.4, 0.5) is 10.1 Å². The molecule has 0 saturated heterocycles. The Bertz CT molecular complexity index is 422. The normalized spacial score (nSPS) is 10.2. The van der Waals surface area contributed by atoms with Crippen molar-refractivity contribution in [2.24, 2.45) is 0 Å². The molecule has 4 heteroatoms. The van der Waals surface area contributed by atoms with Crippen LogP contribution in [0.5, 0.6) is 5.75 Å². The molecule has 2 rings (SSSR count). The first-order chi connectivity index (χ1) is 7.24. The number of rotatable bonds is 3. The van der Waals surface area contributed by atoms with E-state index in [1.54, 1.807) is 17.4 Å². The molecule has 2 aromatic rings. The Morgan fingerprint density at radius 3 is 2.87 bits per heavy atom. The molecule has 0 aliphatic rings. The highest BCUT2D eigenvalue weighted by molar-refractivity contribution is 7.09. The quantitative estimate of drug-likeness (QED) is 0.812. The first kappa shape index (κ1) is 9.98. The van der Waals surface area contributed by atoms with Crippen molar-refractivity contribution in [1.29, 1.82) is 0 Å². The summed E-state index contributed by atoms with van der Waals surface area (Å²) in [5.74, 6) is 0.0806. The molecule has 0 atom stereocenters. The highest BCUT2D eigenvalue weighted by atomic mass is 32.1. The van der Waals surface area contributed by atoms with Crippen molar-refractivity contribution in [3.8, 4) is 5.75 Å². The lowest BCUT2D eigenvalue weighted by Gasteiger charge is -2.05. The molecule has 0 amide bonds. The van der Waals surface area contributed by atoms with Crippen LogP contribution in [0.3, 0.4) is 0 Å². The topological polar surface area (TPSA) is 35.2 Å². The molecule has 0 fully saturated rings. The van der Waals surface area contributed by atoms with E-state index in [1.165, 1.54) is 12.1 Å². The first-order valence-electron chi connectivity index (χ1n) is 4.45. The van der Waals surface area contributed by atoms with E-state index in [2.05, 4.69) is 0 Å². The SMILES string of the molecule is Nc1cc(F)cc(OCc2cccs2)c1. The lowest BCUT2D eigenvalue weighted by atomic mass is 10.3. The van der Waals surface area contributed by atoms with Crippen molar-refractivity contribution in [2.45, 2.75) is 6.61 Å². The van der Waals surface area contributed by atoms with Gasteiger partial charge in [-0.2, -0.15) is 0 Å². The molecule has 0 saturated carbocycles. The molecule has 1 aromatic carbocycles. The van der Waals surface area contributed by atoms with Crippen LogP contribution in [-0.4, -0.2) is 0 Å². The van der Waals surface area contributed by atoms with Gasteiger partial charge >= 0.3 is 0 Å². The van der Waals surface area contributed by atoms with Gasteiger partial charge in [-0.25, -0.2) is 4.39 Å². The average molecular weight is 223 g/mol. The molecule has 0 spiro atoms. The van der Waals surface area contributed by atoms with Crippen molar-refractivity contribution >= 4 is 17.0 Å². The molecule has 15 heavy (non-hydrogen) atoms. The third-order valence-electron chi connectivity index (χ3n) is 1.85. The Hall–Kier alpha value is -1.55. The van der Waals surface area contributed by atoms with Gasteiger partial charge in [0.05, 0.1) is 0 Å². The van der Waals surface area contributed by atoms with Gasteiger partial charge in [0, 0.05) is 22.7 Å². The third-order valence-corrected chi connectivity index (χ3v) is 2.70. The fraction of sp³-hybridized carbons (Fsp3) is 0.0909. The van der Waals surface area contributed by atoms with Crippen molar-refractivity contribution in [1.82, 2.24) is 0 Å². The summed E-state index contributed by atoms with van der Waals surface area (Å²) in [5.41, 5.74) is 5.86. The van der Waals surface area contributed by atoms with E-state index in [-0.39, 0.29) is 5.82 Å². The molecular weight excluding hydrogens is 213 g/mol. The minimum absolute atomic E-state index is 0.371. The monoisotopic (exact) mass is 223 g/mol. The zero-order valence-electron chi connectivity index (χ0n) is 7.94. The van der Waals surface area contributed by atoms with E-state index in [4.69, 9.17) is 10.5 Å². The second-order valence-corrected chi connectivity index (χ2v) is 4.12. The molecular formula is C11H10FNOS. The Morgan fingerprint density at radius 1 is 1.33 bits per heavy atom. The summed E-state index contributed by atoms with van der Waals surface area (Å²) in [6.45, 7) is 0.445. The molecule has 0 radical (unpaired) electrons. The summed E-state index contributed by atoms with van der Waals surface area (Å²) in [4.78, 5) is 1.10. The summed E-state index contributed by atoms with van der Waals surface area (Å²) in [5, 5.41) is 1.97. The number of anilines is 1. The van der Waals surface area contributed by atoms with Crippen LogP contribution in [0.1, 0.15) is 4.88 Å². The largest absolute Gasteiger partial charge is 0.488 e. The first-order valence-corrected chi connectivity index (χ1v) is 5.33. The molecule has 2 N–H and O–H groups in total. The smallest absolute Gasteiger partial charge is 0.128 e. The average Bonchev–Trinajstić information content (AvgIpc) is 2.65. The minimum Gasteiger partial charge on any atom is -0.488 e. The van der Waals surface area contributed by atoms with Crippen LogP contribution in [0.25, 0.3) is 0 Å². The van der Waals surface area contributed by atoms with E-state index in [1.807, 2.05) is 17.5 Å². The summed E-state index contributed by atoms with van der Waals surface area (Å²) >= 11 is 1.60. The molecule has 0 aliphatic heterocycles. The Kier molecular flexibility index (Phi) is 2.87. The van der Waals surface area contributed by atoms with Gasteiger partial charge < -0.3 is 10.5 Å². The van der Waals surface area contributed by atoms with Gasteiger partial charge in [0.25, 0.3) is 0 Å². The number of ether oxygens (including phenoxy) is 1. The van der Waals surface area contributed by atoms with Crippen LogP contribution in [-0.2, 0) is 6.61 Å². The molecule has 78 valence electrons. The third kappa shape index (κ3) is 2.70. The zero-order valence-corrected chi connectivity index (χ0v) is 8.76. The van der Waals surface area contributed by atoms with Gasteiger partial charge in [-0.1, -0.05) is 6.07 Å². The van der Waals surface area contributed by atoms with Crippen molar-refractivity contribution in [3.05, 3.63) is 46.4 Å². The molecule has 0 aliphatic carbocycles. The van der Waals surface area contributed by atoms with Gasteiger partial charge in [-0.05, 0) is 17.5 Å². The number of hydrogen-bond donors (Lipinski definition) is 1. The van der Waals surface area contributed by atoms with Gasteiger partial charge in [0.15, 0.2) is 0 Å². The van der Waals surface area contributed by atoms with E-state index in [0.717, 1.165) is 4.88 Å². The van der Waals surface area contributed by atoms with Gasteiger partial charge in [0.2, 0.25) is 0 Å². The predicted octanol–water partition coefficient (Wildman–Crippen LogP) is 3.05. The number of hydrogen-bond acceptors (Lipinski definition) is 3.